The molecule has 4 nitrogen and oxygen atoms in total. The van der Waals surface area contributed by atoms with Gasteiger partial charge in [-0.1, -0.05) is 37.1 Å². The van der Waals surface area contributed by atoms with Crippen molar-refractivity contribution in [3.63, 3.8) is 0 Å². The molecule has 0 atom stereocenters. The van der Waals surface area contributed by atoms with E-state index in [2.05, 4.69) is 17.2 Å². The molecule has 0 radical (unpaired) electrons. The van der Waals surface area contributed by atoms with E-state index in [1.165, 1.54) is 17.4 Å². The van der Waals surface area contributed by atoms with Crippen molar-refractivity contribution in [3.8, 4) is 17.0 Å². The molecule has 0 saturated carbocycles. The lowest BCUT2D eigenvalue weighted by atomic mass is 10.2. The van der Waals surface area contributed by atoms with Gasteiger partial charge in [-0.05, 0) is 54.5 Å². The third-order valence-corrected chi connectivity index (χ3v) is 4.92. The highest BCUT2D eigenvalue weighted by Crippen LogP contribution is 2.26. The number of nitrogens with zero attached hydrogens (tertiary/aromatic N) is 1. The number of aromatic nitrogens is 1. The number of carbonyl (C=O) groups excluding carboxylic acids is 1. The smallest absolute Gasteiger partial charge is 0.250 e. The van der Waals surface area contributed by atoms with Crippen molar-refractivity contribution in [2.45, 2.75) is 19.8 Å². The lowest BCUT2D eigenvalue weighted by molar-refractivity contribution is -0.111. The number of amides is 1. The first-order valence-corrected chi connectivity index (χ1v) is 10.3. The van der Waals surface area contributed by atoms with Crippen LogP contribution in [0.4, 0.5) is 5.13 Å². The van der Waals surface area contributed by atoms with Crippen molar-refractivity contribution in [3.05, 3.63) is 70.6 Å². The van der Waals surface area contributed by atoms with Crippen LogP contribution in [0.2, 0.25) is 5.02 Å². The molecule has 28 heavy (non-hydrogen) atoms. The van der Waals surface area contributed by atoms with Gasteiger partial charge in [0, 0.05) is 22.0 Å². The number of nitrogens with one attached hydrogen (secondary N) is 1. The summed E-state index contributed by atoms with van der Waals surface area (Å²) in [7, 11) is 0. The average Bonchev–Trinajstić information content (AvgIpc) is 3.16. The standard InChI is InChI=1S/C22H21ClN2O2S/c1-2-3-13-27-19-10-8-17(9-11-19)20-15-28-22(24-20)25-21(26)12-7-16-5-4-6-18(23)14-16/h4-12,14-15H,2-3,13H2,1H3,(H,24,25,26). The first-order valence-electron chi connectivity index (χ1n) is 9.07. The van der Waals surface area contributed by atoms with Gasteiger partial charge < -0.3 is 4.74 Å². The lowest BCUT2D eigenvalue weighted by Gasteiger charge is -2.05. The number of carbonyl (C=O) groups is 1. The minimum atomic E-state index is -0.236. The normalized spacial score (nSPS) is 10.9. The SMILES string of the molecule is CCCCOc1ccc(-c2csc(NC(=O)C=Cc3cccc(Cl)c3)n2)cc1. The molecular weight excluding hydrogens is 392 g/mol. The molecule has 0 unspecified atom stereocenters. The maximum atomic E-state index is 12.1. The second kappa shape index (κ2) is 10.1. The number of halogens is 1. The Balaban J connectivity index is 1.58. The van der Waals surface area contributed by atoms with E-state index in [1.807, 2.05) is 41.8 Å². The van der Waals surface area contributed by atoms with Crippen LogP contribution in [0.1, 0.15) is 25.3 Å². The van der Waals surface area contributed by atoms with Crippen molar-refractivity contribution in [2.75, 3.05) is 11.9 Å². The Morgan fingerprint density at radius 2 is 2.07 bits per heavy atom. The summed E-state index contributed by atoms with van der Waals surface area (Å²) in [5, 5.41) is 5.89. The Morgan fingerprint density at radius 3 is 2.82 bits per heavy atom. The van der Waals surface area contributed by atoms with E-state index >= 15 is 0 Å². The van der Waals surface area contributed by atoms with Crippen molar-refractivity contribution in [2.24, 2.45) is 0 Å². The minimum absolute atomic E-state index is 0.236. The maximum absolute atomic E-state index is 12.1. The lowest BCUT2D eigenvalue weighted by Crippen LogP contribution is -2.07. The fourth-order valence-electron chi connectivity index (χ4n) is 2.45. The molecule has 144 valence electrons. The molecule has 6 heteroatoms. The van der Waals surface area contributed by atoms with Crippen molar-refractivity contribution in [1.82, 2.24) is 4.98 Å². The van der Waals surface area contributed by atoms with Crippen LogP contribution in [0.25, 0.3) is 17.3 Å². The van der Waals surface area contributed by atoms with Gasteiger partial charge >= 0.3 is 0 Å². The Bertz CT molecular complexity index is 951. The van der Waals surface area contributed by atoms with Gasteiger partial charge in [-0.2, -0.15) is 0 Å². The van der Waals surface area contributed by atoms with E-state index in [0.29, 0.717) is 10.2 Å². The zero-order valence-corrected chi connectivity index (χ0v) is 17.1. The van der Waals surface area contributed by atoms with Crippen LogP contribution in [0.5, 0.6) is 5.75 Å². The zero-order chi connectivity index (χ0) is 19.8. The molecule has 3 rings (SSSR count). The van der Waals surface area contributed by atoms with E-state index in [-0.39, 0.29) is 5.91 Å². The van der Waals surface area contributed by atoms with E-state index in [9.17, 15) is 4.79 Å². The van der Waals surface area contributed by atoms with E-state index in [0.717, 1.165) is 42.0 Å². The first kappa shape index (κ1) is 20.1. The third kappa shape index (κ3) is 5.94. The highest BCUT2D eigenvalue weighted by molar-refractivity contribution is 7.14. The largest absolute Gasteiger partial charge is 0.494 e. The van der Waals surface area contributed by atoms with Gasteiger partial charge in [-0.15, -0.1) is 11.3 Å². The molecule has 1 N–H and O–H groups in total. The van der Waals surface area contributed by atoms with E-state index < -0.39 is 0 Å². The van der Waals surface area contributed by atoms with Crippen LogP contribution < -0.4 is 10.1 Å². The summed E-state index contributed by atoms with van der Waals surface area (Å²) in [4.78, 5) is 16.6. The second-order valence-electron chi connectivity index (χ2n) is 6.14. The highest BCUT2D eigenvalue weighted by atomic mass is 35.5. The molecule has 0 aliphatic rings. The summed E-state index contributed by atoms with van der Waals surface area (Å²) in [5.41, 5.74) is 2.66. The van der Waals surface area contributed by atoms with Crippen LogP contribution in [-0.2, 0) is 4.79 Å². The van der Waals surface area contributed by atoms with Gasteiger partial charge in [-0.3, -0.25) is 10.1 Å². The molecule has 0 spiro atoms. The number of rotatable bonds is 8. The Labute approximate surface area is 173 Å². The number of anilines is 1. The van der Waals surface area contributed by atoms with Crippen LogP contribution in [-0.4, -0.2) is 17.5 Å². The Kier molecular flexibility index (Phi) is 7.23. The summed E-state index contributed by atoms with van der Waals surface area (Å²) in [5.74, 6) is 0.618. The number of ether oxygens (including phenoxy) is 1. The van der Waals surface area contributed by atoms with E-state index in [4.69, 9.17) is 16.3 Å². The molecule has 0 aliphatic carbocycles. The fraction of sp³-hybridized carbons (Fsp3) is 0.182. The molecule has 0 fully saturated rings. The summed E-state index contributed by atoms with van der Waals surface area (Å²) < 4.78 is 5.68. The van der Waals surface area contributed by atoms with Gasteiger partial charge in [0.05, 0.1) is 12.3 Å². The van der Waals surface area contributed by atoms with Crippen molar-refractivity contribution in [1.29, 1.82) is 0 Å². The molecular formula is C22H21ClN2O2S. The van der Waals surface area contributed by atoms with Gasteiger partial charge in [0.25, 0.3) is 0 Å². The molecule has 0 bridgehead atoms. The summed E-state index contributed by atoms with van der Waals surface area (Å²) in [6.07, 6.45) is 5.34. The van der Waals surface area contributed by atoms with Gasteiger partial charge in [0.1, 0.15) is 5.75 Å². The molecule has 3 aromatic rings. The number of hydrogen-bond donors (Lipinski definition) is 1. The number of benzene rings is 2. The zero-order valence-electron chi connectivity index (χ0n) is 15.5. The highest BCUT2D eigenvalue weighted by Gasteiger charge is 2.07. The summed E-state index contributed by atoms with van der Waals surface area (Å²) >= 11 is 7.33. The van der Waals surface area contributed by atoms with Crippen LogP contribution >= 0.6 is 22.9 Å². The van der Waals surface area contributed by atoms with Gasteiger partial charge in [0.2, 0.25) is 5.91 Å². The summed E-state index contributed by atoms with van der Waals surface area (Å²) in [6, 6.07) is 15.1. The van der Waals surface area contributed by atoms with E-state index in [1.54, 1.807) is 18.2 Å². The molecule has 1 amide bonds. The predicted octanol–water partition coefficient (Wildman–Crippen LogP) is 6.29. The Hall–Kier alpha value is -2.63. The second-order valence-corrected chi connectivity index (χ2v) is 7.44. The monoisotopic (exact) mass is 412 g/mol. The first-order chi connectivity index (χ1) is 13.6. The maximum Gasteiger partial charge on any atom is 0.250 e. The Morgan fingerprint density at radius 1 is 1.25 bits per heavy atom. The molecule has 0 aliphatic heterocycles. The summed E-state index contributed by atoms with van der Waals surface area (Å²) in [6.45, 7) is 2.86. The van der Waals surface area contributed by atoms with Crippen LogP contribution in [0.3, 0.4) is 0 Å². The quantitative estimate of drug-likeness (QED) is 0.349. The fourth-order valence-corrected chi connectivity index (χ4v) is 3.37. The van der Waals surface area contributed by atoms with Gasteiger partial charge in [-0.25, -0.2) is 4.98 Å². The molecule has 1 heterocycles. The predicted molar refractivity (Wildman–Crippen MR) is 117 cm³/mol. The average molecular weight is 413 g/mol. The minimum Gasteiger partial charge on any atom is -0.494 e. The number of thiazole rings is 1. The molecule has 1 aromatic heterocycles. The van der Waals surface area contributed by atoms with Crippen molar-refractivity contribution >= 4 is 40.1 Å². The van der Waals surface area contributed by atoms with Crippen LogP contribution in [0, 0.1) is 0 Å². The van der Waals surface area contributed by atoms with Crippen molar-refractivity contribution < 1.29 is 9.53 Å². The van der Waals surface area contributed by atoms with Gasteiger partial charge in [0.15, 0.2) is 5.13 Å². The molecule has 2 aromatic carbocycles. The van der Waals surface area contributed by atoms with Crippen LogP contribution in [0.15, 0.2) is 60.0 Å². The number of hydrogen-bond acceptors (Lipinski definition) is 4. The third-order valence-electron chi connectivity index (χ3n) is 3.93. The molecule has 0 saturated heterocycles. The topological polar surface area (TPSA) is 51.2 Å². The number of unbranched alkanes of at least 4 members (excludes halogenated alkanes) is 1.